The van der Waals surface area contributed by atoms with Crippen LogP contribution in [0, 0.1) is 0 Å². The van der Waals surface area contributed by atoms with Crippen LogP contribution < -0.4 is 15.8 Å². The first-order valence-corrected chi connectivity index (χ1v) is 4.15. The molecule has 0 fully saturated rings. The molecule has 1 aromatic rings. The molecule has 0 atom stereocenters. The van der Waals surface area contributed by atoms with Crippen LogP contribution >= 0.6 is 23.4 Å². The highest BCUT2D eigenvalue weighted by Gasteiger charge is 1.99. The van der Waals surface area contributed by atoms with E-state index in [-0.39, 0.29) is 0 Å². The second-order valence-corrected chi connectivity index (χ2v) is 2.94. The Labute approximate surface area is 86.0 Å². The summed E-state index contributed by atoms with van der Waals surface area (Å²) in [5.74, 6) is 4.88. The Morgan fingerprint density at radius 2 is 2.00 bits per heavy atom. The van der Waals surface area contributed by atoms with E-state index in [2.05, 4.69) is 10.5 Å². The van der Waals surface area contributed by atoms with Crippen molar-refractivity contribution < 1.29 is 0 Å². The Hall–Kier alpha value is -1.13. The molecule has 0 aromatic heterocycles. The van der Waals surface area contributed by atoms with Crippen molar-refractivity contribution in [3.8, 4) is 0 Å². The molecule has 70 valence electrons. The van der Waals surface area contributed by atoms with E-state index in [1.54, 1.807) is 24.3 Å². The molecule has 0 amide bonds. The topological polar surface area (TPSA) is 53.6 Å². The maximum atomic E-state index is 5.77. The molecule has 1 aromatic carbocycles. The van der Waals surface area contributed by atoms with E-state index in [1.165, 1.54) is 10.9 Å². The molecule has 0 saturated carbocycles. The molecule has 0 aliphatic heterocycles. The van der Waals surface area contributed by atoms with Crippen molar-refractivity contribution in [1.82, 2.24) is 5.43 Å². The number of benzene rings is 1. The third kappa shape index (κ3) is 3.01. The van der Waals surface area contributed by atoms with Crippen LogP contribution in [0.3, 0.4) is 0 Å². The zero-order valence-corrected chi connectivity index (χ0v) is 8.13. The molecule has 0 radical (unpaired) electrons. The fourth-order valence-corrected chi connectivity index (χ4v) is 1.01. The summed E-state index contributed by atoms with van der Waals surface area (Å²) in [6, 6.07) is 6.97. The van der Waals surface area contributed by atoms with Gasteiger partial charge in [0.1, 0.15) is 6.34 Å². The summed E-state index contributed by atoms with van der Waals surface area (Å²) in [7, 11) is 0. The van der Waals surface area contributed by atoms with Gasteiger partial charge in [0.2, 0.25) is 0 Å². The largest absolute Gasteiger partial charge is 0.322 e. The van der Waals surface area contributed by atoms with Crippen molar-refractivity contribution in [2.24, 2.45) is 10.9 Å². The van der Waals surface area contributed by atoms with Crippen molar-refractivity contribution in [3.63, 3.8) is 0 Å². The van der Waals surface area contributed by atoms with Gasteiger partial charge in [0.05, 0.1) is 5.69 Å². The van der Waals surface area contributed by atoms with Gasteiger partial charge in [-0.15, -0.1) is 0 Å². The van der Waals surface area contributed by atoms with E-state index in [0.717, 1.165) is 5.69 Å². The Balaban J connectivity index is 2.66. The molecule has 0 heterocycles. The van der Waals surface area contributed by atoms with Crippen molar-refractivity contribution in [2.75, 3.05) is 4.53 Å². The Kier molecular flexibility index (Phi) is 3.67. The molecule has 0 aliphatic rings. The average molecular weight is 219 g/mol. The van der Waals surface area contributed by atoms with Crippen LogP contribution in [0.2, 0.25) is 5.02 Å². The molecule has 0 spiro atoms. The van der Waals surface area contributed by atoms with Crippen molar-refractivity contribution in [1.29, 1.82) is 0 Å². The van der Waals surface area contributed by atoms with Gasteiger partial charge >= 0.3 is 0 Å². The molecule has 0 aliphatic carbocycles. The van der Waals surface area contributed by atoms with Gasteiger partial charge in [-0.2, -0.15) is 9.63 Å². The summed E-state index contributed by atoms with van der Waals surface area (Å²) in [5, 5.41) is 3.88. The van der Waals surface area contributed by atoms with Crippen LogP contribution in [0.4, 0.5) is 5.69 Å². The first kappa shape index (κ1) is 9.95. The van der Waals surface area contributed by atoms with Gasteiger partial charge < -0.3 is 5.84 Å². The third-order valence-electron chi connectivity index (χ3n) is 1.30. The van der Waals surface area contributed by atoms with Gasteiger partial charge in [0.25, 0.3) is 0 Å². The number of halogens is 2. The van der Waals surface area contributed by atoms with E-state index in [0.29, 0.717) is 5.02 Å². The molecule has 6 heteroatoms. The van der Waals surface area contributed by atoms with E-state index >= 15 is 0 Å². The van der Waals surface area contributed by atoms with E-state index in [4.69, 9.17) is 29.2 Å². The Morgan fingerprint density at radius 1 is 1.38 bits per heavy atom. The predicted molar refractivity (Wildman–Crippen MR) is 55.6 cm³/mol. The van der Waals surface area contributed by atoms with Crippen LogP contribution in [0.5, 0.6) is 0 Å². The zero-order valence-electron chi connectivity index (χ0n) is 6.61. The van der Waals surface area contributed by atoms with Crippen molar-refractivity contribution >= 4 is 35.4 Å². The van der Waals surface area contributed by atoms with Gasteiger partial charge in [-0.1, -0.05) is 11.6 Å². The summed E-state index contributed by atoms with van der Waals surface area (Å²) >= 11 is 11.5. The third-order valence-corrected chi connectivity index (χ3v) is 1.84. The fraction of sp³-hybridized carbons (Fsp3) is 0. The van der Waals surface area contributed by atoms with Crippen LogP contribution in [0.15, 0.2) is 29.4 Å². The molecular weight excluding hydrogens is 211 g/mol. The minimum atomic E-state index is 0.654. The second kappa shape index (κ2) is 4.79. The lowest BCUT2D eigenvalue weighted by Crippen LogP contribution is -2.28. The maximum Gasteiger partial charge on any atom is 0.128 e. The monoisotopic (exact) mass is 218 g/mol. The second-order valence-electron chi connectivity index (χ2n) is 2.16. The summed E-state index contributed by atoms with van der Waals surface area (Å²) in [4.78, 5) is 0. The molecule has 0 unspecified atom stereocenters. The number of hydrazine groups is 1. The fourth-order valence-electron chi connectivity index (χ4n) is 0.731. The SMILES string of the molecule is NN=CNN(Cl)c1ccc(Cl)cc1. The number of anilines is 1. The summed E-state index contributed by atoms with van der Waals surface area (Å²) in [5.41, 5.74) is 3.35. The summed E-state index contributed by atoms with van der Waals surface area (Å²) in [6.07, 6.45) is 1.27. The lowest BCUT2D eigenvalue weighted by atomic mass is 10.3. The number of nitrogens with two attached hydrogens (primary N) is 1. The number of hydrogen-bond acceptors (Lipinski definition) is 3. The Morgan fingerprint density at radius 3 is 2.54 bits per heavy atom. The number of nitrogens with zero attached hydrogens (tertiary/aromatic N) is 2. The first-order valence-electron chi connectivity index (χ1n) is 3.43. The van der Waals surface area contributed by atoms with Crippen LogP contribution in [0.1, 0.15) is 0 Å². The highest BCUT2D eigenvalue weighted by Crippen LogP contribution is 2.17. The lowest BCUT2D eigenvalue weighted by Gasteiger charge is -2.13. The number of rotatable bonds is 3. The summed E-state index contributed by atoms with van der Waals surface area (Å²) in [6.45, 7) is 0. The van der Waals surface area contributed by atoms with Gasteiger partial charge in [0, 0.05) is 16.8 Å². The van der Waals surface area contributed by atoms with E-state index in [1.807, 2.05) is 0 Å². The molecular formula is C7H8Cl2N4. The highest BCUT2D eigenvalue weighted by molar-refractivity contribution is 6.30. The minimum absolute atomic E-state index is 0.654. The Bertz CT molecular complexity index is 285. The van der Waals surface area contributed by atoms with Crippen molar-refractivity contribution in [2.45, 2.75) is 0 Å². The number of hydrogen-bond donors (Lipinski definition) is 2. The minimum Gasteiger partial charge on any atom is -0.322 e. The molecule has 3 N–H and O–H groups in total. The molecule has 4 nitrogen and oxygen atoms in total. The lowest BCUT2D eigenvalue weighted by molar-refractivity contribution is 1.01. The standard InChI is InChI=1S/C7H8Cl2N4/c8-6-1-3-7(4-2-6)13(9)12-5-11-10/h1-5H,10H2,(H,11,12). The van der Waals surface area contributed by atoms with Crippen LogP contribution in [-0.2, 0) is 0 Å². The van der Waals surface area contributed by atoms with Gasteiger partial charge in [-0.05, 0) is 24.3 Å². The van der Waals surface area contributed by atoms with Gasteiger partial charge in [-0.3, -0.25) is 5.43 Å². The van der Waals surface area contributed by atoms with Crippen molar-refractivity contribution in [3.05, 3.63) is 29.3 Å². The quantitative estimate of drug-likeness (QED) is 0.267. The predicted octanol–water partition coefficient (Wildman–Crippen LogP) is 1.71. The molecule has 1 rings (SSSR count). The highest BCUT2D eigenvalue weighted by atomic mass is 35.5. The van der Waals surface area contributed by atoms with E-state index < -0.39 is 0 Å². The summed E-state index contributed by atoms with van der Waals surface area (Å²) < 4.78 is 1.24. The zero-order chi connectivity index (χ0) is 9.68. The first-order chi connectivity index (χ1) is 6.24. The van der Waals surface area contributed by atoms with Gasteiger partial charge in [-0.25, -0.2) is 0 Å². The van der Waals surface area contributed by atoms with Gasteiger partial charge in [0.15, 0.2) is 0 Å². The number of nitrogens with one attached hydrogen (secondary N) is 1. The van der Waals surface area contributed by atoms with Crippen LogP contribution in [0.25, 0.3) is 0 Å². The maximum absolute atomic E-state index is 5.77. The van der Waals surface area contributed by atoms with Crippen LogP contribution in [-0.4, -0.2) is 6.34 Å². The number of hydrazone groups is 1. The average Bonchev–Trinajstić information content (AvgIpc) is 2.15. The molecule has 13 heavy (non-hydrogen) atoms. The normalized spacial score (nSPS) is 10.3. The molecule has 0 saturated heterocycles. The molecule has 0 bridgehead atoms. The smallest absolute Gasteiger partial charge is 0.128 e. The van der Waals surface area contributed by atoms with E-state index in [9.17, 15) is 0 Å².